The zero-order chi connectivity index (χ0) is 17.8. The predicted octanol–water partition coefficient (Wildman–Crippen LogP) is 5.13. The first kappa shape index (κ1) is 17.6. The second-order valence-corrected chi connectivity index (χ2v) is 6.96. The Bertz CT molecular complexity index is 886. The Morgan fingerprint density at radius 3 is 2.60 bits per heavy atom. The fourth-order valence-electron chi connectivity index (χ4n) is 2.78. The van der Waals surface area contributed by atoms with Gasteiger partial charge in [0, 0.05) is 22.3 Å². The fourth-order valence-corrected chi connectivity index (χ4v) is 3.75. The van der Waals surface area contributed by atoms with Gasteiger partial charge in [0.2, 0.25) is 0 Å². The summed E-state index contributed by atoms with van der Waals surface area (Å²) in [6.07, 6.45) is 0. The molecule has 3 nitrogen and oxygen atoms in total. The molecule has 0 atom stereocenters. The Balaban J connectivity index is 1.77. The fraction of sp³-hybridized carbons (Fsp3) is 0.250. The first-order valence-corrected chi connectivity index (χ1v) is 9.23. The van der Waals surface area contributed by atoms with Crippen molar-refractivity contribution in [3.05, 3.63) is 64.8 Å². The smallest absolute Gasteiger partial charge is 0.265 e. The molecule has 1 N–H and O–H groups in total. The first-order chi connectivity index (χ1) is 12.1. The summed E-state index contributed by atoms with van der Waals surface area (Å²) >= 11 is 1.30. The number of nitrogens with zero attached hydrogens (tertiary/aromatic N) is 1. The second-order valence-electron chi connectivity index (χ2n) is 5.88. The highest BCUT2D eigenvalue weighted by Crippen LogP contribution is 2.28. The molecule has 0 saturated heterocycles. The lowest BCUT2D eigenvalue weighted by Crippen LogP contribution is -2.22. The van der Waals surface area contributed by atoms with E-state index in [4.69, 9.17) is 0 Å². The first-order valence-electron chi connectivity index (χ1n) is 8.41. The number of fused-ring (bicyclic) bond motifs is 1. The normalized spacial score (nSPS) is 11.2. The number of benzene rings is 2. The Hall–Kier alpha value is -2.24. The zero-order valence-corrected chi connectivity index (χ0v) is 15.2. The van der Waals surface area contributed by atoms with E-state index in [1.54, 1.807) is 12.1 Å². The molecule has 0 aliphatic carbocycles. The maximum absolute atomic E-state index is 13.8. The van der Waals surface area contributed by atoms with Gasteiger partial charge in [-0.2, -0.15) is 0 Å². The molecular weight excluding hydrogens is 335 g/mol. The molecule has 1 aromatic heterocycles. The van der Waals surface area contributed by atoms with Crippen LogP contribution in [0.15, 0.2) is 48.5 Å². The largest absolute Gasteiger partial charge is 0.321 e. The summed E-state index contributed by atoms with van der Waals surface area (Å²) in [5.41, 5.74) is 1.91. The van der Waals surface area contributed by atoms with Crippen LogP contribution in [0.3, 0.4) is 0 Å². The van der Waals surface area contributed by atoms with Crippen molar-refractivity contribution in [2.24, 2.45) is 0 Å². The van der Waals surface area contributed by atoms with Crippen molar-refractivity contribution in [1.29, 1.82) is 0 Å². The molecule has 5 heteroatoms. The zero-order valence-electron chi connectivity index (χ0n) is 14.4. The van der Waals surface area contributed by atoms with Crippen LogP contribution >= 0.6 is 11.3 Å². The number of rotatable bonds is 6. The van der Waals surface area contributed by atoms with Crippen LogP contribution in [0.25, 0.3) is 10.1 Å². The van der Waals surface area contributed by atoms with Gasteiger partial charge in [-0.25, -0.2) is 4.39 Å². The van der Waals surface area contributed by atoms with Crippen molar-refractivity contribution in [3.63, 3.8) is 0 Å². The van der Waals surface area contributed by atoms with Crippen LogP contribution in [0.4, 0.5) is 10.1 Å². The van der Waals surface area contributed by atoms with E-state index in [-0.39, 0.29) is 11.7 Å². The lowest BCUT2D eigenvalue weighted by molar-refractivity contribution is 0.103. The van der Waals surface area contributed by atoms with Gasteiger partial charge in [0.1, 0.15) is 5.82 Å². The highest BCUT2D eigenvalue weighted by Gasteiger charge is 2.13. The summed E-state index contributed by atoms with van der Waals surface area (Å²) < 4.78 is 14.6. The average Bonchev–Trinajstić information content (AvgIpc) is 3.06. The maximum Gasteiger partial charge on any atom is 0.265 e. The Morgan fingerprint density at radius 1 is 1.12 bits per heavy atom. The summed E-state index contributed by atoms with van der Waals surface area (Å²) in [6.45, 7) is 7.09. The van der Waals surface area contributed by atoms with Gasteiger partial charge in [0.15, 0.2) is 0 Å². The highest BCUT2D eigenvalue weighted by atomic mass is 32.1. The van der Waals surface area contributed by atoms with Crippen LogP contribution in [0.1, 0.15) is 29.1 Å². The van der Waals surface area contributed by atoms with Crippen LogP contribution in [0.2, 0.25) is 0 Å². The third-order valence-electron chi connectivity index (χ3n) is 4.22. The van der Waals surface area contributed by atoms with Crippen molar-refractivity contribution in [1.82, 2.24) is 4.90 Å². The minimum absolute atomic E-state index is 0.208. The molecule has 3 aromatic rings. The molecule has 0 saturated carbocycles. The lowest BCUT2D eigenvalue weighted by Gasteiger charge is -2.18. The standard InChI is InChI=1S/C20H21FN2OS/c1-3-23(4-2)13-14-7-5-8-15(11-14)22-20(24)19-12-16-17(21)9-6-10-18(16)25-19/h5-12H,3-4,13H2,1-2H3,(H,22,24). The van der Waals surface area contributed by atoms with E-state index in [9.17, 15) is 9.18 Å². The average molecular weight is 356 g/mol. The van der Waals surface area contributed by atoms with Gasteiger partial charge in [-0.05, 0) is 49.0 Å². The molecule has 0 aliphatic heterocycles. The molecule has 2 aromatic carbocycles. The number of halogens is 1. The maximum atomic E-state index is 13.8. The molecule has 0 aliphatic rings. The second kappa shape index (κ2) is 7.76. The summed E-state index contributed by atoms with van der Waals surface area (Å²) in [4.78, 5) is 15.3. The minimum atomic E-state index is -0.297. The minimum Gasteiger partial charge on any atom is -0.321 e. The molecule has 1 heterocycles. The third kappa shape index (κ3) is 4.06. The van der Waals surface area contributed by atoms with E-state index in [0.717, 1.165) is 35.6 Å². The van der Waals surface area contributed by atoms with Crippen molar-refractivity contribution in [3.8, 4) is 0 Å². The molecule has 0 unspecified atom stereocenters. The molecule has 0 bridgehead atoms. The molecule has 1 amide bonds. The van der Waals surface area contributed by atoms with Crippen molar-refractivity contribution < 1.29 is 9.18 Å². The van der Waals surface area contributed by atoms with Crippen molar-refractivity contribution >= 4 is 33.0 Å². The molecule has 25 heavy (non-hydrogen) atoms. The number of thiophene rings is 1. The topological polar surface area (TPSA) is 32.3 Å². The summed E-state index contributed by atoms with van der Waals surface area (Å²) in [6, 6.07) is 14.4. The van der Waals surface area contributed by atoms with Crippen LogP contribution < -0.4 is 5.32 Å². The van der Waals surface area contributed by atoms with Crippen LogP contribution in [0, 0.1) is 5.82 Å². The highest BCUT2D eigenvalue weighted by molar-refractivity contribution is 7.20. The van der Waals surface area contributed by atoms with E-state index >= 15 is 0 Å². The predicted molar refractivity (Wildman–Crippen MR) is 103 cm³/mol. The van der Waals surface area contributed by atoms with Gasteiger partial charge in [-0.3, -0.25) is 9.69 Å². The molecule has 0 fully saturated rings. The number of amides is 1. The van der Waals surface area contributed by atoms with Gasteiger partial charge < -0.3 is 5.32 Å². The number of carbonyl (C=O) groups excluding carboxylic acids is 1. The van der Waals surface area contributed by atoms with E-state index in [1.807, 2.05) is 24.3 Å². The monoisotopic (exact) mass is 356 g/mol. The Morgan fingerprint density at radius 2 is 1.88 bits per heavy atom. The van der Waals surface area contributed by atoms with Crippen LogP contribution in [-0.2, 0) is 6.54 Å². The molecule has 3 rings (SSSR count). The third-order valence-corrected chi connectivity index (χ3v) is 5.32. The lowest BCUT2D eigenvalue weighted by atomic mass is 10.2. The number of hydrogen-bond donors (Lipinski definition) is 1. The van der Waals surface area contributed by atoms with Crippen molar-refractivity contribution in [2.75, 3.05) is 18.4 Å². The van der Waals surface area contributed by atoms with Crippen molar-refractivity contribution in [2.45, 2.75) is 20.4 Å². The van der Waals surface area contributed by atoms with Crippen LogP contribution in [0.5, 0.6) is 0 Å². The van der Waals surface area contributed by atoms with Gasteiger partial charge in [0.05, 0.1) is 4.88 Å². The van der Waals surface area contributed by atoms with Gasteiger partial charge >= 0.3 is 0 Å². The van der Waals surface area contributed by atoms with E-state index in [0.29, 0.717) is 10.3 Å². The molecule has 0 radical (unpaired) electrons. The number of hydrogen-bond acceptors (Lipinski definition) is 3. The molecule has 0 spiro atoms. The van der Waals surface area contributed by atoms with Gasteiger partial charge in [-0.15, -0.1) is 11.3 Å². The molecule has 130 valence electrons. The summed E-state index contributed by atoms with van der Waals surface area (Å²) in [5, 5.41) is 3.41. The Labute approximate surface area is 151 Å². The van der Waals surface area contributed by atoms with E-state index < -0.39 is 0 Å². The number of nitrogens with one attached hydrogen (secondary N) is 1. The van der Waals surface area contributed by atoms with Gasteiger partial charge in [-0.1, -0.05) is 32.0 Å². The summed E-state index contributed by atoms with van der Waals surface area (Å²) in [7, 11) is 0. The Kier molecular flexibility index (Phi) is 5.46. The summed E-state index contributed by atoms with van der Waals surface area (Å²) in [5.74, 6) is -0.505. The quantitative estimate of drug-likeness (QED) is 0.664. The number of carbonyl (C=O) groups is 1. The van der Waals surface area contributed by atoms with E-state index in [1.165, 1.54) is 17.4 Å². The van der Waals surface area contributed by atoms with Gasteiger partial charge in [0.25, 0.3) is 5.91 Å². The molecular formula is C20H21FN2OS. The van der Waals surface area contributed by atoms with E-state index in [2.05, 4.69) is 30.1 Å². The van der Waals surface area contributed by atoms with Crippen LogP contribution in [-0.4, -0.2) is 23.9 Å². The number of anilines is 1. The SMILES string of the molecule is CCN(CC)Cc1cccc(NC(=O)c2cc3c(F)cccc3s2)c1.